The van der Waals surface area contributed by atoms with Crippen LogP contribution in [0.2, 0.25) is 0 Å². The fourth-order valence-electron chi connectivity index (χ4n) is 1.63. The third-order valence-electron chi connectivity index (χ3n) is 2.26. The number of β-amino-alcohol motifs (C(OH)–C–C–N with tert-alkyl or cyclic N) is 1. The molecule has 0 saturated carbocycles. The normalized spacial score (nSPS) is 24.7. The Balaban J connectivity index is 2.49. The van der Waals surface area contributed by atoms with Crippen LogP contribution in [0.5, 0.6) is 0 Å². The van der Waals surface area contributed by atoms with Crippen molar-refractivity contribution < 1.29 is 9.90 Å². The van der Waals surface area contributed by atoms with Gasteiger partial charge in [0.2, 0.25) is 5.91 Å². The molecule has 3 nitrogen and oxygen atoms in total. The van der Waals surface area contributed by atoms with E-state index in [2.05, 4.69) is 6.92 Å². The van der Waals surface area contributed by atoms with E-state index < -0.39 is 0 Å². The van der Waals surface area contributed by atoms with Crippen LogP contribution in [0.25, 0.3) is 0 Å². The van der Waals surface area contributed by atoms with Crippen LogP contribution in [0.4, 0.5) is 0 Å². The SMILES string of the molecule is CC[C@H]1CCC(=O)N1CCO. The molecule has 1 heterocycles. The predicted molar refractivity (Wildman–Crippen MR) is 42.1 cm³/mol. The zero-order valence-corrected chi connectivity index (χ0v) is 6.92. The molecule has 1 saturated heterocycles. The van der Waals surface area contributed by atoms with Gasteiger partial charge in [-0.25, -0.2) is 0 Å². The van der Waals surface area contributed by atoms with Crippen molar-refractivity contribution in [2.75, 3.05) is 13.2 Å². The first-order chi connectivity index (χ1) is 5.29. The van der Waals surface area contributed by atoms with E-state index in [-0.39, 0.29) is 12.5 Å². The number of hydrogen-bond donors (Lipinski definition) is 1. The molecule has 1 rings (SSSR count). The Morgan fingerprint density at radius 1 is 1.73 bits per heavy atom. The Bertz CT molecular complexity index is 147. The van der Waals surface area contributed by atoms with E-state index in [9.17, 15) is 4.79 Å². The minimum atomic E-state index is 0.0856. The summed E-state index contributed by atoms with van der Waals surface area (Å²) in [6.45, 7) is 2.67. The first-order valence-corrected chi connectivity index (χ1v) is 4.20. The molecule has 1 N–H and O–H groups in total. The van der Waals surface area contributed by atoms with E-state index in [0.717, 1.165) is 12.8 Å². The fraction of sp³-hybridized carbons (Fsp3) is 0.875. The zero-order chi connectivity index (χ0) is 8.27. The maximum atomic E-state index is 11.1. The monoisotopic (exact) mass is 157 g/mol. The van der Waals surface area contributed by atoms with Crippen molar-refractivity contribution in [3.8, 4) is 0 Å². The van der Waals surface area contributed by atoms with Crippen LogP contribution in [0.3, 0.4) is 0 Å². The minimum Gasteiger partial charge on any atom is -0.395 e. The molecule has 0 spiro atoms. The van der Waals surface area contributed by atoms with Crippen molar-refractivity contribution in [3.63, 3.8) is 0 Å². The molecular formula is C8H15NO2. The number of aliphatic hydroxyl groups excluding tert-OH is 1. The number of rotatable bonds is 3. The lowest BCUT2D eigenvalue weighted by atomic mass is 10.2. The quantitative estimate of drug-likeness (QED) is 0.643. The highest BCUT2D eigenvalue weighted by Gasteiger charge is 2.28. The molecular weight excluding hydrogens is 142 g/mol. The summed E-state index contributed by atoms with van der Waals surface area (Å²) >= 11 is 0. The largest absolute Gasteiger partial charge is 0.395 e. The first-order valence-electron chi connectivity index (χ1n) is 4.20. The van der Waals surface area contributed by atoms with Crippen LogP contribution in [0, 0.1) is 0 Å². The molecule has 1 aliphatic rings. The van der Waals surface area contributed by atoms with Gasteiger partial charge < -0.3 is 10.0 Å². The van der Waals surface area contributed by atoms with Crippen LogP contribution in [0.1, 0.15) is 26.2 Å². The minimum absolute atomic E-state index is 0.0856. The second-order valence-electron chi connectivity index (χ2n) is 2.91. The molecule has 0 aromatic heterocycles. The van der Waals surface area contributed by atoms with Crippen molar-refractivity contribution in [2.24, 2.45) is 0 Å². The number of carbonyl (C=O) groups is 1. The molecule has 3 heteroatoms. The van der Waals surface area contributed by atoms with Crippen LogP contribution in [0.15, 0.2) is 0 Å². The molecule has 0 bridgehead atoms. The lowest BCUT2D eigenvalue weighted by molar-refractivity contribution is -0.129. The summed E-state index contributed by atoms with van der Waals surface area (Å²) < 4.78 is 0. The topological polar surface area (TPSA) is 40.5 Å². The van der Waals surface area contributed by atoms with Gasteiger partial charge in [-0.05, 0) is 12.8 Å². The standard InChI is InChI=1S/C8H15NO2/c1-2-7-3-4-8(11)9(7)5-6-10/h7,10H,2-6H2,1H3/t7-/m0/s1. The number of aliphatic hydroxyl groups is 1. The Hall–Kier alpha value is -0.570. The average Bonchev–Trinajstić information content (AvgIpc) is 2.34. The van der Waals surface area contributed by atoms with Crippen molar-refractivity contribution in [3.05, 3.63) is 0 Å². The number of amides is 1. The Morgan fingerprint density at radius 3 is 3.00 bits per heavy atom. The molecule has 11 heavy (non-hydrogen) atoms. The van der Waals surface area contributed by atoms with Crippen molar-refractivity contribution >= 4 is 5.91 Å². The van der Waals surface area contributed by atoms with Gasteiger partial charge in [-0.1, -0.05) is 6.92 Å². The van der Waals surface area contributed by atoms with Gasteiger partial charge in [0.15, 0.2) is 0 Å². The van der Waals surface area contributed by atoms with Crippen LogP contribution >= 0.6 is 0 Å². The van der Waals surface area contributed by atoms with Gasteiger partial charge in [0.1, 0.15) is 0 Å². The summed E-state index contributed by atoms with van der Waals surface area (Å²) in [5.41, 5.74) is 0. The summed E-state index contributed by atoms with van der Waals surface area (Å²) in [5, 5.41) is 8.66. The summed E-state index contributed by atoms with van der Waals surface area (Å²) in [6.07, 6.45) is 2.64. The Kier molecular flexibility index (Phi) is 2.88. The highest BCUT2D eigenvalue weighted by atomic mass is 16.3. The molecule has 1 fully saturated rings. The van der Waals surface area contributed by atoms with E-state index in [4.69, 9.17) is 5.11 Å². The molecule has 0 radical (unpaired) electrons. The van der Waals surface area contributed by atoms with Gasteiger partial charge in [-0.2, -0.15) is 0 Å². The number of nitrogens with zero attached hydrogens (tertiary/aromatic N) is 1. The Morgan fingerprint density at radius 2 is 2.45 bits per heavy atom. The molecule has 0 aromatic rings. The second-order valence-corrected chi connectivity index (χ2v) is 2.91. The van der Waals surface area contributed by atoms with Gasteiger partial charge in [-0.15, -0.1) is 0 Å². The third-order valence-corrected chi connectivity index (χ3v) is 2.26. The molecule has 1 aliphatic heterocycles. The highest BCUT2D eigenvalue weighted by Crippen LogP contribution is 2.20. The van der Waals surface area contributed by atoms with E-state index >= 15 is 0 Å². The van der Waals surface area contributed by atoms with Gasteiger partial charge in [-0.3, -0.25) is 4.79 Å². The third kappa shape index (κ3) is 1.71. The molecule has 0 aromatic carbocycles. The number of hydrogen-bond acceptors (Lipinski definition) is 2. The molecule has 0 aliphatic carbocycles. The summed E-state index contributed by atoms with van der Waals surface area (Å²) in [4.78, 5) is 12.9. The lowest BCUT2D eigenvalue weighted by Crippen LogP contribution is -2.34. The smallest absolute Gasteiger partial charge is 0.222 e. The molecule has 64 valence electrons. The second kappa shape index (κ2) is 3.72. The molecule has 1 amide bonds. The van der Waals surface area contributed by atoms with Crippen LogP contribution in [-0.2, 0) is 4.79 Å². The van der Waals surface area contributed by atoms with E-state index in [0.29, 0.717) is 19.0 Å². The van der Waals surface area contributed by atoms with Crippen molar-refractivity contribution in [1.82, 2.24) is 4.90 Å². The van der Waals surface area contributed by atoms with Gasteiger partial charge >= 0.3 is 0 Å². The Labute approximate surface area is 67.0 Å². The predicted octanol–water partition coefficient (Wildman–Crippen LogP) is 0.380. The first kappa shape index (κ1) is 8.53. The molecule has 1 atom stereocenters. The summed E-state index contributed by atoms with van der Waals surface area (Å²) in [5.74, 6) is 0.200. The van der Waals surface area contributed by atoms with E-state index in [1.54, 1.807) is 4.90 Å². The molecule has 0 unspecified atom stereocenters. The number of likely N-dealkylation sites (tertiary alicyclic amines) is 1. The van der Waals surface area contributed by atoms with Crippen molar-refractivity contribution in [2.45, 2.75) is 32.2 Å². The highest BCUT2D eigenvalue weighted by molar-refractivity contribution is 5.78. The maximum Gasteiger partial charge on any atom is 0.222 e. The lowest BCUT2D eigenvalue weighted by Gasteiger charge is -2.22. The van der Waals surface area contributed by atoms with Gasteiger partial charge in [0, 0.05) is 19.0 Å². The maximum absolute atomic E-state index is 11.1. The fourth-order valence-corrected chi connectivity index (χ4v) is 1.63. The van der Waals surface area contributed by atoms with Gasteiger partial charge in [0.25, 0.3) is 0 Å². The van der Waals surface area contributed by atoms with E-state index in [1.165, 1.54) is 0 Å². The van der Waals surface area contributed by atoms with Crippen LogP contribution in [-0.4, -0.2) is 35.1 Å². The van der Waals surface area contributed by atoms with E-state index in [1.807, 2.05) is 0 Å². The van der Waals surface area contributed by atoms with Gasteiger partial charge in [0.05, 0.1) is 6.61 Å². The van der Waals surface area contributed by atoms with Crippen LogP contribution < -0.4 is 0 Å². The summed E-state index contributed by atoms with van der Waals surface area (Å²) in [7, 11) is 0. The van der Waals surface area contributed by atoms with Crippen molar-refractivity contribution in [1.29, 1.82) is 0 Å². The summed E-state index contributed by atoms with van der Waals surface area (Å²) in [6, 6.07) is 0.384. The number of carbonyl (C=O) groups excluding carboxylic acids is 1. The zero-order valence-electron chi connectivity index (χ0n) is 6.92. The average molecular weight is 157 g/mol.